The van der Waals surface area contributed by atoms with Crippen molar-refractivity contribution in [3.8, 4) is 5.75 Å². The summed E-state index contributed by atoms with van der Waals surface area (Å²) in [5.74, 6) is 1.23. The molecule has 0 aliphatic heterocycles. The van der Waals surface area contributed by atoms with E-state index in [9.17, 15) is 4.79 Å². The first-order valence-electron chi connectivity index (χ1n) is 9.63. The van der Waals surface area contributed by atoms with Gasteiger partial charge in [-0.05, 0) is 58.9 Å². The number of nitrogens with zero attached hydrogens (tertiary/aromatic N) is 1. The van der Waals surface area contributed by atoms with Gasteiger partial charge >= 0.3 is 0 Å². The third kappa shape index (κ3) is 3.77. The van der Waals surface area contributed by atoms with Gasteiger partial charge < -0.3 is 4.74 Å². The first-order valence-corrected chi connectivity index (χ1v) is 9.63. The maximum atomic E-state index is 12.6. The highest BCUT2D eigenvalue weighted by atomic mass is 16.5. The zero-order valence-electron chi connectivity index (χ0n) is 16.2. The van der Waals surface area contributed by atoms with Crippen LogP contribution < -0.4 is 10.2 Å². The second-order valence-corrected chi connectivity index (χ2v) is 7.45. The van der Waals surface area contributed by atoms with Gasteiger partial charge in [0.25, 0.3) is 0 Å². The van der Waals surface area contributed by atoms with Crippen molar-refractivity contribution in [2.75, 3.05) is 7.11 Å². The summed E-state index contributed by atoms with van der Waals surface area (Å²) < 4.78 is 5.34. The largest absolute Gasteiger partial charge is 0.497 e. The molecular formula is C24H24N2O2. The fraction of sp³-hybridized carbons (Fsp3) is 0.250. The highest BCUT2D eigenvalue weighted by Gasteiger charge is 2.21. The molecule has 0 aromatic heterocycles. The molecule has 4 heteroatoms. The predicted molar refractivity (Wildman–Crippen MR) is 113 cm³/mol. The predicted octanol–water partition coefficient (Wildman–Crippen LogP) is 4.49. The van der Waals surface area contributed by atoms with Gasteiger partial charge in [0.05, 0.1) is 19.2 Å². The van der Waals surface area contributed by atoms with E-state index in [1.165, 1.54) is 5.56 Å². The average Bonchev–Trinajstić information content (AvgIpc) is 2.71. The van der Waals surface area contributed by atoms with Crippen molar-refractivity contribution in [2.45, 2.75) is 26.2 Å². The molecule has 1 atom stereocenters. The lowest BCUT2D eigenvalue weighted by atomic mass is 9.83. The van der Waals surface area contributed by atoms with Crippen molar-refractivity contribution in [1.29, 1.82) is 0 Å². The molecule has 0 radical (unpaired) electrons. The van der Waals surface area contributed by atoms with Crippen molar-refractivity contribution in [3.63, 3.8) is 0 Å². The Morgan fingerprint density at radius 2 is 1.93 bits per heavy atom. The Labute approximate surface area is 165 Å². The van der Waals surface area contributed by atoms with Gasteiger partial charge in [-0.2, -0.15) is 5.10 Å². The van der Waals surface area contributed by atoms with Gasteiger partial charge in [0.2, 0.25) is 5.91 Å². The minimum atomic E-state index is -0.0999. The van der Waals surface area contributed by atoms with Gasteiger partial charge in [0, 0.05) is 5.56 Å². The summed E-state index contributed by atoms with van der Waals surface area (Å²) in [6, 6.07) is 20.2. The van der Waals surface area contributed by atoms with Crippen LogP contribution in [0.3, 0.4) is 0 Å². The lowest BCUT2D eigenvalue weighted by Crippen LogP contribution is -2.25. The number of carbonyl (C=O) groups excluding carboxylic acids is 1. The molecule has 0 heterocycles. The molecule has 0 fully saturated rings. The van der Waals surface area contributed by atoms with Crippen LogP contribution in [0, 0.1) is 5.92 Å². The number of methoxy groups -OCH3 is 1. The molecule has 0 spiro atoms. The van der Waals surface area contributed by atoms with Crippen molar-refractivity contribution < 1.29 is 9.53 Å². The van der Waals surface area contributed by atoms with Gasteiger partial charge in [-0.15, -0.1) is 0 Å². The maximum absolute atomic E-state index is 12.6. The molecule has 142 valence electrons. The van der Waals surface area contributed by atoms with Crippen LogP contribution in [-0.4, -0.2) is 18.7 Å². The van der Waals surface area contributed by atoms with E-state index in [-0.39, 0.29) is 5.91 Å². The number of ether oxygens (including phenoxy) is 1. The second kappa shape index (κ2) is 7.85. The average molecular weight is 372 g/mol. The summed E-state index contributed by atoms with van der Waals surface area (Å²) in [4.78, 5) is 12.6. The topological polar surface area (TPSA) is 50.7 Å². The molecule has 0 saturated carbocycles. The quantitative estimate of drug-likeness (QED) is 0.686. The van der Waals surface area contributed by atoms with E-state index >= 15 is 0 Å². The zero-order chi connectivity index (χ0) is 19.5. The van der Waals surface area contributed by atoms with E-state index in [0.29, 0.717) is 12.3 Å². The molecule has 1 aliphatic rings. The Balaban J connectivity index is 1.53. The molecule has 4 rings (SSSR count). The Morgan fingerprint density at radius 3 is 2.79 bits per heavy atom. The Morgan fingerprint density at radius 1 is 1.11 bits per heavy atom. The standard InChI is InChI=1S/C24H24N2O2/c1-16-12-19-14-20(28-2)10-11-22(19)23(13-16)25-26-24(27)15-18-8-5-7-17-6-3-4-9-21(17)18/h3-11,14,16H,12-13,15H2,1-2H3,(H,26,27)/b25-23+. The van der Waals surface area contributed by atoms with Gasteiger partial charge in [0.1, 0.15) is 5.75 Å². The van der Waals surface area contributed by atoms with Crippen molar-refractivity contribution >= 4 is 22.4 Å². The van der Waals surface area contributed by atoms with E-state index in [0.717, 1.165) is 46.2 Å². The number of nitrogens with one attached hydrogen (secondary N) is 1. The van der Waals surface area contributed by atoms with Crippen molar-refractivity contribution in [2.24, 2.45) is 11.0 Å². The first kappa shape index (κ1) is 18.2. The van der Waals surface area contributed by atoms with Crippen molar-refractivity contribution in [3.05, 3.63) is 77.4 Å². The molecule has 28 heavy (non-hydrogen) atoms. The number of amides is 1. The fourth-order valence-electron chi connectivity index (χ4n) is 3.93. The van der Waals surface area contributed by atoms with Crippen LogP contribution in [0.1, 0.15) is 30.0 Å². The number of rotatable bonds is 4. The van der Waals surface area contributed by atoms with Gasteiger partial charge in [-0.3, -0.25) is 4.79 Å². The zero-order valence-corrected chi connectivity index (χ0v) is 16.2. The SMILES string of the molecule is COc1ccc2c(c1)CC(C)C/C2=N\NC(=O)Cc1cccc2ccccc12. The number of hydrogen-bond acceptors (Lipinski definition) is 3. The van der Waals surface area contributed by atoms with E-state index in [2.05, 4.69) is 41.7 Å². The molecule has 1 aliphatic carbocycles. The second-order valence-electron chi connectivity index (χ2n) is 7.45. The Bertz CT molecular complexity index is 1050. The summed E-state index contributed by atoms with van der Waals surface area (Å²) in [6.45, 7) is 2.20. The number of carbonyl (C=O) groups is 1. The lowest BCUT2D eigenvalue weighted by Gasteiger charge is -2.23. The maximum Gasteiger partial charge on any atom is 0.244 e. The van der Waals surface area contributed by atoms with Crippen LogP contribution in [0.5, 0.6) is 5.75 Å². The number of fused-ring (bicyclic) bond motifs is 2. The smallest absolute Gasteiger partial charge is 0.244 e. The molecule has 3 aromatic rings. The van der Waals surface area contributed by atoms with Gasteiger partial charge in [-0.1, -0.05) is 49.4 Å². The first-order chi connectivity index (χ1) is 13.6. The summed E-state index contributed by atoms with van der Waals surface area (Å²) in [5, 5.41) is 6.73. The molecule has 0 saturated heterocycles. The van der Waals surface area contributed by atoms with Crippen LogP contribution in [0.25, 0.3) is 10.8 Å². The van der Waals surface area contributed by atoms with Crippen LogP contribution >= 0.6 is 0 Å². The fourth-order valence-corrected chi connectivity index (χ4v) is 3.93. The van der Waals surface area contributed by atoms with E-state index in [1.807, 2.05) is 36.4 Å². The molecule has 4 nitrogen and oxygen atoms in total. The third-order valence-electron chi connectivity index (χ3n) is 5.28. The van der Waals surface area contributed by atoms with E-state index in [1.54, 1.807) is 7.11 Å². The summed E-state index contributed by atoms with van der Waals surface area (Å²) in [5.41, 5.74) is 7.04. The molecule has 3 aromatic carbocycles. The third-order valence-corrected chi connectivity index (χ3v) is 5.28. The number of benzene rings is 3. The lowest BCUT2D eigenvalue weighted by molar-refractivity contribution is -0.120. The summed E-state index contributed by atoms with van der Waals surface area (Å²) >= 11 is 0. The molecule has 1 amide bonds. The van der Waals surface area contributed by atoms with Crippen molar-refractivity contribution in [1.82, 2.24) is 5.43 Å². The number of hydrogen-bond donors (Lipinski definition) is 1. The Kier molecular flexibility index (Phi) is 5.11. The molecule has 0 bridgehead atoms. The van der Waals surface area contributed by atoms with E-state index < -0.39 is 0 Å². The highest BCUT2D eigenvalue weighted by molar-refractivity contribution is 6.03. The van der Waals surface area contributed by atoms with Gasteiger partial charge in [0.15, 0.2) is 0 Å². The monoisotopic (exact) mass is 372 g/mol. The number of hydrazone groups is 1. The van der Waals surface area contributed by atoms with Crippen LogP contribution in [0.15, 0.2) is 65.8 Å². The Hall–Kier alpha value is -3.14. The minimum Gasteiger partial charge on any atom is -0.497 e. The van der Waals surface area contributed by atoms with Gasteiger partial charge in [-0.25, -0.2) is 5.43 Å². The van der Waals surface area contributed by atoms with Crippen LogP contribution in [0.2, 0.25) is 0 Å². The minimum absolute atomic E-state index is 0.0999. The molecule has 1 N–H and O–H groups in total. The van der Waals surface area contributed by atoms with Crippen LogP contribution in [0.4, 0.5) is 0 Å². The highest BCUT2D eigenvalue weighted by Crippen LogP contribution is 2.29. The normalized spacial score (nSPS) is 17.4. The summed E-state index contributed by atoms with van der Waals surface area (Å²) in [7, 11) is 1.68. The summed E-state index contributed by atoms with van der Waals surface area (Å²) in [6.07, 6.45) is 2.16. The molecular weight excluding hydrogens is 348 g/mol. The molecule has 1 unspecified atom stereocenters. The van der Waals surface area contributed by atoms with Crippen LogP contribution in [-0.2, 0) is 17.6 Å². The van der Waals surface area contributed by atoms with E-state index in [4.69, 9.17) is 4.74 Å².